The van der Waals surface area contributed by atoms with Crippen LogP contribution in [0.25, 0.3) is 5.65 Å². The molecule has 1 aliphatic heterocycles. The van der Waals surface area contributed by atoms with Crippen molar-refractivity contribution < 1.29 is 4.74 Å². The maximum Gasteiger partial charge on any atom is 0.180 e. The zero-order valence-electron chi connectivity index (χ0n) is 11.5. The average molecular weight is 273 g/mol. The number of ether oxygens (including phenoxy) is 1. The Kier molecular flexibility index (Phi) is 2.77. The molecular formula is C14H19N5O. The van der Waals surface area contributed by atoms with E-state index in [9.17, 15) is 0 Å². The lowest BCUT2D eigenvalue weighted by Gasteiger charge is -2.20. The van der Waals surface area contributed by atoms with E-state index in [1.165, 1.54) is 12.8 Å². The predicted molar refractivity (Wildman–Crippen MR) is 77.0 cm³/mol. The van der Waals surface area contributed by atoms with Gasteiger partial charge in [0.1, 0.15) is 5.82 Å². The van der Waals surface area contributed by atoms with Gasteiger partial charge in [-0.25, -0.2) is 9.97 Å². The third-order valence-electron chi connectivity index (χ3n) is 4.17. The number of hydrogen-bond donors (Lipinski definition) is 2. The summed E-state index contributed by atoms with van der Waals surface area (Å²) in [5, 5.41) is 6.65. The molecule has 4 rings (SSSR count). The quantitative estimate of drug-likeness (QED) is 0.888. The fourth-order valence-corrected chi connectivity index (χ4v) is 2.98. The normalized spacial score (nSPS) is 26.1. The Labute approximate surface area is 117 Å². The summed E-state index contributed by atoms with van der Waals surface area (Å²) in [7, 11) is 1.88. The molecule has 2 aromatic heterocycles. The molecule has 2 aromatic rings. The van der Waals surface area contributed by atoms with Crippen LogP contribution in [0, 0.1) is 5.92 Å². The summed E-state index contributed by atoms with van der Waals surface area (Å²) < 4.78 is 7.87. The summed E-state index contributed by atoms with van der Waals surface area (Å²) in [6.45, 7) is 0.843. The second-order valence-corrected chi connectivity index (χ2v) is 5.60. The standard InChI is InChI=1S/C14H19N5O/c1-15-11-8-19-6-5-16-14(19)13(18-11)17-10-4-7-20-12(10)9-2-3-9/h5-6,8-10,12,15H,2-4,7H2,1H3,(H,17,18). The molecule has 20 heavy (non-hydrogen) atoms. The van der Waals surface area contributed by atoms with E-state index in [0.29, 0.717) is 12.1 Å². The summed E-state index contributed by atoms with van der Waals surface area (Å²) in [4.78, 5) is 9.00. The van der Waals surface area contributed by atoms with Gasteiger partial charge < -0.3 is 19.8 Å². The topological polar surface area (TPSA) is 63.5 Å². The van der Waals surface area contributed by atoms with Crippen LogP contribution in [0.15, 0.2) is 18.6 Å². The Balaban J connectivity index is 1.65. The van der Waals surface area contributed by atoms with E-state index in [-0.39, 0.29) is 0 Å². The molecule has 1 saturated heterocycles. The van der Waals surface area contributed by atoms with Crippen LogP contribution in [0.2, 0.25) is 0 Å². The number of nitrogens with one attached hydrogen (secondary N) is 2. The van der Waals surface area contributed by atoms with Crippen molar-refractivity contribution in [1.82, 2.24) is 14.4 Å². The van der Waals surface area contributed by atoms with Gasteiger partial charge in [0.25, 0.3) is 0 Å². The van der Waals surface area contributed by atoms with Gasteiger partial charge in [0.05, 0.1) is 18.3 Å². The number of nitrogens with zero attached hydrogens (tertiary/aromatic N) is 3. The molecule has 0 aromatic carbocycles. The van der Waals surface area contributed by atoms with Crippen molar-refractivity contribution >= 4 is 17.3 Å². The van der Waals surface area contributed by atoms with E-state index in [0.717, 1.165) is 36.2 Å². The van der Waals surface area contributed by atoms with Crippen LogP contribution < -0.4 is 10.6 Å². The van der Waals surface area contributed by atoms with Crippen LogP contribution in [0.5, 0.6) is 0 Å². The first kappa shape index (κ1) is 12.0. The minimum absolute atomic E-state index is 0.338. The number of fused-ring (bicyclic) bond motifs is 1. The number of hydrogen-bond acceptors (Lipinski definition) is 5. The molecule has 0 amide bonds. The molecule has 3 heterocycles. The SMILES string of the molecule is CNc1cn2ccnc2c(NC2CCOC2C2CC2)n1. The zero-order chi connectivity index (χ0) is 13.5. The molecule has 0 radical (unpaired) electrons. The second kappa shape index (κ2) is 4.63. The Morgan fingerprint density at radius 1 is 1.35 bits per heavy atom. The van der Waals surface area contributed by atoms with Gasteiger partial charge in [-0.1, -0.05) is 0 Å². The van der Waals surface area contributed by atoms with E-state index < -0.39 is 0 Å². The fourth-order valence-electron chi connectivity index (χ4n) is 2.98. The fraction of sp³-hybridized carbons (Fsp3) is 0.571. The molecular weight excluding hydrogens is 254 g/mol. The molecule has 1 saturated carbocycles. The van der Waals surface area contributed by atoms with E-state index in [2.05, 4.69) is 20.6 Å². The monoisotopic (exact) mass is 273 g/mol. The molecule has 0 spiro atoms. The lowest BCUT2D eigenvalue weighted by molar-refractivity contribution is 0.0898. The Morgan fingerprint density at radius 2 is 2.25 bits per heavy atom. The van der Waals surface area contributed by atoms with Gasteiger partial charge >= 0.3 is 0 Å². The average Bonchev–Trinajstić information content (AvgIpc) is 3.01. The maximum atomic E-state index is 5.88. The summed E-state index contributed by atoms with van der Waals surface area (Å²) in [5.41, 5.74) is 0.866. The summed E-state index contributed by atoms with van der Waals surface area (Å²) in [6, 6.07) is 0.350. The molecule has 6 nitrogen and oxygen atoms in total. The third kappa shape index (κ3) is 2.00. The van der Waals surface area contributed by atoms with Gasteiger partial charge in [-0.05, 0) is 25.2 Å². The van der Waals surface area contributed by atoms with Crippen LogP contribution >= 0.6 is 0 Å². The highest BCUT2D eigenvalue weighted by atomic mass is 16.5. The molecule has 2 fully saturated rings. The van der Waals surface area contributed by atoms with Crippen molar-refractivity contribution in [3.8, 4) is 0 Å². The van der Waals surface area contributed by atoms with Crippen molar-refractivity contribution in [2.24, 2.45) is 5.92 Å². The highest BCUT2D eigenvalue weighted by Gasteiger charge is 2.40. The smallest absolute Gasteiger partial charge is 0.180 e. The third-order valence-corrected chi connectivity index (χ3v) is 4.17. The summed E-state index contributed by atoms with van der Waals surface area (Å²) >= 11 is 0. The highest BCUT2D eigenvalue weighted by Crippen LogP contribution is 2.39. The first-order chi connectivity index (χ1) is 9.85. The van der Waals surface area contributed by atoms with Crippen molar-refractivity contribution in [2.75, 3.05) is 24.3 Å². The van der Waals surface area contributed by atoms with Gasteiger partial charge in [-0.15, -0.1) is 0 Å². The van der Waals surface area contributed by atoms with Crippen LogP contribution in [0.4, 0.5) is 11.6 Å². The Hall–Kier alpha value is -1.82. The van der Waals surface area contributed by atoms with Gasteiger partial charge in [0, 0.05) is 26.0 Å². The summed E-state index contributed by atoms with van der Waals surface area (Å²) in [5.74, 6) is 2.40. The van der Waals surface area contributed by atoms with E-state index in [1.54, 1.807) is 6.20 Å². The molecule has 106 valence electrons. The van der Waals surface area contributed by atoms with Crippen LogP contribution in [0.3, 0.4) is 0 Å². The number of anilines is 2. The minimum atomic E-state index is 0.338. The number of aromatic nitrogens is 3. The van der Waals surface area contributed by atoms with Gasteiger partial charge in [0.15, 0.2) is 11.5 Å². The van der Waals surface area contributed by atoms with Crippen LogP contribution in [-0.4, -0.2) is 40.2 Å². The first-order valence-electron chi connectivity index (χ1n) is 7.25. The van der Waals surface area contributed by atoms with Gasteiger partial charge in [-0.3, -0.25) is 0 Å². The van der Waals surface area contributed by atoms with Gasteiger partial charge in [-0.2, -0.15) is 0 Å². The summed E-state index contributed by atoms with van der Waals surface area (Å²) in [6.07, 6.45) is 9.65. The molecule has 6 heteroatoms. The van der Waals surface area contributed by atoms with Crippen LogP contribution in [-0.2, 0) is 4.74 Å². The largest absolute Gasteiger partial charge is 0.376 e. The van der Waals surface area contributed by atoms with Crippen LogP contribution in [0.1, 0.15) is 19.3 Å². The maximum absolute atomic E-state index is 5.88. The van der Waals surface area contributed by atoms with Crippen molar-refractivity contribution in [3.63, 3.8) is 0 Å². The van der Waals surface area contributed by atoms with Gasteiger partial charge in [0.2, 0.25) is 0 Å². The zero-order valence-corrected chi connectivity index (χ0v) is 11.5. The Morgan fingerprint density at radius 3 is 3.05 bits per heavy atom. The molecule has 2 atom stereocenters. The first-order valence-corrected chi connectivity index (χ1v) is 7.25. The minimum Gasteiger partial charge on any atom is -0.376 e. The molecule has 2 aliphatic rings. The molecule has 2 N–H and O–H groups in total. The second-order valence-electron chi connectivity index (χ2n) is 5.60. The Bertz CT molecular complexity index is 621. The van der Waals surface area contributed by atoms with Crippen molar-refractivity contribution in [3.05, 3.63) is 18.6 Å². The van der Waals surface area contributed by atoms with E-state index >= 15 is 0 Å². The predicted octanol–water partition coefficient (Wildman–Crippen LogP) is 1.75. The lowest BCUT2D eigenvalue weighted by Crippen LogP contribution is -2.31. The number of imidazole rings is 1. The molecule has 2 unspecified atom stereocenters. The molecule has 1 aliphatic carbocycles. The highest BCUT2D eigenvalue weighted by molar-refractivity contribution is 5.65. The lowest BCUT2D eigenvalue weighted by atomic mass is 10.1. The molecule has 0 bridgehead atoms. The van der Waals surface area contributed by atoms with Crippen molar-refractivity contribution in [1.29, 1.82) is 0 Å². The van der Waals surface area contributed by atoms with Crippen molar-refractivity contribution in [2.45, 2.75) is 31.4 Å². The van der Waals surface area contributed by atoms with E-state index in [1.807, 2.05) is 23.8 Å². The number of rotatable bonds is 4. The van der Waals surface area contributed by atoms with E-state index in [4.69, 9.17) is 4.74 Å².